The van der Waals surface area contributed by atoms with Crippen LogP contribution in [0.25, 0.3) is 0 Å². The van der Waals surface area contributed by atoms with Crippen LogP contribution in [0.4, 0.5) is 10.5 Å². The molecular formula is C27H32BrN3O4S. The van der Waals surface area contributed by atoms with Crippen molar-refractivity contribution < 1.29 is 19.1 Å². The van der Waals surface area contributed by atoms with Crippen molar-refractivity contribution in [1.29, 1.82) is 0 Å². The van der Waals surface area contributed by atoms with Gasteiger partial charge >= 0.3 is 6.03 Å². The third-order valence-electron chi connectivity index (χ3n) is 5.66. The molecule has 3 amide bonds. The highest BCUT2D eigenvalue weighted by atomic mass is 79.9. The van der Waals surface area contributed by atoms with Crippen molar-refractivity contribution in [2.24, 2.45) is 0 Å². The molecule has 0 aliphatic rings. The number of halogens is 1. The molecule has 1 heterocycles. The zero-order valence-electron chi connectivity index (χ0n) is 21.0. The minimum absolute atomic E-state index is 0.0190. The van der Waals surface area contributed by atoms with Crippen molar-refractivity contribution >= 4 is 44.9 Å². The van der Waals surface area contributed by atoms with E-state index in [1.807, 2.05) is 78.7 Å². The number of methoxy groups -OCH3 is 2. The first-order chi connectivity index (χ1) is 17.3. The Morgan fingerprint density at radius 1 is 1.03 bits per heavy atom. The van der Waals surface area contributed by atoms with Gasteiger partial charge in [-0.3, -0.25) is 4.79 Å². The van der Waals surface area contributed by atoms with Gasteiger partial charge in [-0.05, 0) is 67.6 Å². The van der Waals surface area contributed by atoms with Crippen LogP contribution in [0.15, 0.2) is 64.5 Å². The molecule has 0 saturated heterocycles. The largest absolute Gasteiger partial charge is 0.493 e. The Bertz CT molecular complexity index is 1150. The normalized spacial score (nSPS) is 10.7. The number of nitrogens with one attached hydrogen (secondary N) is 1. The van der Waals surface area contributed by atoms with Gasteiger partial charge in [-0.2, -0.15) is 0 Å². The summed E-state index contributed by atoms with van der Waals surface area (Å²) < 4.78 is 11.6. The first-order valence-corrected chi connectivity index (χ1v) is 13.3. The summed E-state index contributed by atoms with van der Waals surface area (Å²) in [6.45, 7) is 4.78. The maximum atomic E-state index is 13.5. The van der Waals surface area contributed by atoms with E-state index in [2.05, 4.69) is 21.2 Å². The predicted octanol–water partition coefficient (Wildman–Crippen LogP) is 6.04. The summed E-state index contributed by atoms with van der Waals surface area (Å²) in [7, 11) is 3.21. The molecule has 36 heavy (non-hydrogen) atoms. The lowest BCUT2D eigenvalue weighted by atomic mass is 10.1. The van der Waals surface area contributed by atoms with E-state index in [0.717, 1.165) is 14.9 Å². The van der Waals surface area contributed by atoms with Crippen LogP contribution in [-0.4, -0.2) is 55.1 Å². The van der Waals surface area contributed by atoms with E-state index < -0.39 is 0 Å². The number of ether oxygens (including phenoxy) is 2. The van der Waals surface area contributed by atoms with Crippen molar-refractivity contribution in [2.45, 2.75) is 32.9 Å². The first-order valence-electron chi connectivity index (χ1n) is 11.6. The van der Waals surface area contributed by atoms with Gasteiger partial charge in [-0.1, -0.05) is 34.1 Å². The fraction of sp³-hybridized carbons (Fsp3) is 0.333. The lowest BCUT2D eigenvalue weighted by Crippen LogP contribution is -2.47. The van der Waals surface area contributed by atoms with Crippen LogP contribution >= 0.6 is 27.3 Å². The molecule has 0 saturated carbocycles. The first kappa shape index (κ1) is 27.5. The van der Waals surface area contributed by atoms with Gasteiger partial charge in [0.05, 0.1) is 20.8 Å². The number of hydrogen-bond acceptors (Lipinski definition) is 5. The van der Waals surface area contributed by atoms with Crippen molar-refractivity contribution in [3.8, 4) is 11.5 Å². The molecule has 7 nitrogen and oxygen atoms in total. The van der Waals surface area contributed by atoms with Crippen molar-refractivity contribution in [2.75, 3.05) is 32.6 Å². The Kier molecular flexibility index (Phi) is 10.2. The van der Waals surface area contributed by atoms with E-state index in [9.17, 15) is 9.59 Å². The van der Waals surface area contributed by atoms with E-state index in [1.165, 1.54) is 0 Å². The smallest absolute Gasteiger partial charge is 0.322 e. The van der Waals surface area contributed by atoms with Gasteiger partial charge < -0.3 is 24.6 Å². The highest BCUT2D eigenvalue weighted by Gasteiger charge is 2.24. The molecule has 2 aromatic carbocycles. The summed E-state index contributed by atoms with van der Waals surface area (Å²) >= 11 is 5.03. The van der Waals surface area contributed by atoms with Crippen LogP contribution in [0, 0.1) is 0 Å². The molecule has 0 spiro atoms. The quantitative estimate of drug-likeness (QED) is 0.303. The lowest BCUT2D eigenvalue weighted by molar-refractivity contribution is -0.132. The van der Waals surface area contributed by atoms with Crippen molar-refractivity contribution in [3.63, 3.8) is 0 Å². The topological polar surface area (TPSA) is 71.1 Å². The number of urea groups is 1. The average molecular weight is 575 g/mol. The molecule has 1 aromatic heterocycles. The molecule has 0 radical (unpaired) electrons. The zero-order chi connectivity index (χ0) is 26.1. The van der Waals surface area contributed by atoms with E-state index in [-0.39, 0.29) is 24.5 Å². The van der Waals surface area contributed by atoms with Gasteiger partial charge in [0.25, 0.3) is 0 Å². The minimum atomic E-state index is -0.313. The van der Waals surface area contributed by atoms with Gasteiger partial charge in [0, 0.05) is 27.6 Å². The number of carbonyl (C=O) groups excluding carboxylic acids is 2. The molecule has 0 aliphatic heterocycles. The van der Waals surface area contributed by atoms with Gasteiger partial charge in [0.2, 0.25) is 5.91 Å². The molecule has 9 heteroatoms. The summed E-state index contributed by atoms with van der Waals surface area (Å²) in [5, 5.41) is 4.90. The fourth-order valence-electron chi connectivity index (χ4n) is 3.68. The highest BCUT2D eigenvalue weighted by Crippen LogP contribution is 2.28. The van der Waals surface area contributed by atoms with Gasteiger partial charge in [-0.15, -0.1) is 11.3 Å². The minimum Gasteiger partial charge on any atom is -0.493 e. The third kappa shape index (κ3) is 7.73. The van der Waals surface area contributed by atoms with E-state index in [1.54, 1.807) is 30.5 Å². The number of benzene rings is 2. The van der Waals surface area contributed by atoms with Crippen molar-refractivity contribution in [1.82, 2.24) is 9.80 Å². The van der Waals surface area contributed by atoms with Gasteiger partial charge in [-0.25, -0.2) is 4.79 Å². The summed E-state index contributed by atoms with van der Waals surface area (Å²) in [5.41, 5.74) is 1.70. The number of anilines is 1. The lowest BCUT2D eigenvalue weighted by Gasteiger charge is -2.30. The number of thiophene rings is 1. The maximum absolute atomic E-state index is 13.5. The fourth-order valence-corrected chi connectivity index (χ4v) is 4.80. The Balaban J connectivity index is 1.73. The molecule has 1 N–H and O–H groups in total. The van der Waals surface area contributed by atoms with Crippen molar-refractivity contribution in [3.05, 3.63) is 74.9 Å². The molecule has 0 fully saturated rings. The molecule has 3 rings (SSSR count). The maximum Gasteiger partial charge on any atom is 0.322 e. The standard InChI is InChI=1S/C27H32BrN3O4S/c1-19(2)31(27(33)29-22-8-5-7-21(28)16-22)18-26(32)30(17-23-9-6-14-36-23)13-12-20-10-11-24(34-3)25(15-20)35-4/h5-11,14-16,19H,12-13,17-18H2,1-4H3,(H,29,33). The number of amides is 3. The Hall–Kier alpha value is -3.04. The summed E-state index contributed by atoms with van der Waals surface area (Å²) in [4.78, 5) is 31.0. The second-order valence-electron chi connectivity index (χ2n) is 8.50. The second-order valence-corrected chi connectivity index (χ2v) is 10.4. The van der Waals surface area contributed by atoms with Crippen LogP contribution in [0.1, 0.15) is 24.3 Å². The van der Waals surface area contributed by atoms with E-state index in [0.29, 0.717) is 36.7 Å². The summed E-state index contributed by atoms with van der Waals surface area (Å²) in [6.07, 6.45) is 0.642. The number of nitrogens with zero attached hydrogens (tertiary/aromatic N) is 2. The van der Waals surface area contributed by atoms with E-state index >= 15 is 0 Å². The summed E-state index contributed by atoms with van der Waals surface area (Å²) in [6, 6.07) is 16.7. The van der Waals surface area contributed by atoms with Gasteiger partial charge in [0.1, 0.15) is 6.54 Å². The van der Waals surface area contributed by atoms with Crippen LogP contribution in [-0.2, 0) is 17.8 Å². The second kappa shape index (κ2) is 13.3. The SMILES string of the molecule is COc1ccc(CCN(Cc2cccs2)C(=O)CN(C(=O)Nc2cccc(Br)c2)C(C)C)cc1OC. The zero-order valence-corrected chi connectivity index (χ0v) is 23.4. The highest BCUT2D eigenvalue weighted by molar-refractivity contribution is 9.10. The average Bonchev–Trinajstić information content (AvgIpc) is 3.37. The Morgan fingerprint density at radius 2 is 1.81 bits per heavy atom. The van der Waals surface area contributed by atoms with Crippen LogP contribution in [0.3, 0.4) is 0 Å². The molecule has 192 valence electrons. The Labute approximate surface area is 225 Å². The van der Waals surface area contributed by atoms with Crippen LogP contribution < -0.4 is 14.8 Å². The summed E-state index contributed by atoms with van der Waals surface area (Å²) in [5.74, 6) is 1.21. The molecule has 0 atom stereocenters. The number of rotatable bonds is 11. The number of hydrogen-bond donors (Lipinski definition) is 1. The number of carbonyl (C=O) groups is 2. The Morgan fingerprint density at radius 3 is 2.44 bits per heavy atom. The molecule has 3 aromatic rings. The van der Waals surface area contributed by atoms with Crippen LogP contribution in [0.2, 0.25) is 0 Å². The van der Waals surface area contributed by atoms with E-state index in [4.69, 9.17) is 9.47 Å². The molecule has 0 unspecified atom stereocenters. The molecule has 0 bridgehead atoms. The third-order valence-corrected chi connectivity index (χ3v) is 7.02. The molecular weight excluding hydrogens is 542 g/mol. The van der Waals surface area contributed by atoms with Crippen LogP contribution in [0.5, 0.6) is 11.5 Å². The van der Waals surface area contributed by atoms with Gasteiger partial charge in [0.15, 0.2) is 11.5 Å². The monoisotopic (exact) mass is 573 g/mol. The molecule has 0 aliphatic carbocycles. The predicted molar refractivity (Wildman–Crippen MR) is 148 cm³/mol.